The molecule has 3 rings (SSSR count). The van der Waals surface area contributed by atoms with Crippen molar-refractivity contribution >= 4 is 29.2 Å². The van der Waals surface area contributed by atoms with E-state index < -0.39 is 29.6 Å². The Morgan fingerprint density at radius 2 is 1.78 bits per heavy atom. The van der Waals surface area contributed by atoms with Crippen molar-refractivity contribution < 1.29 is 32.6 Å². The van der Waals surface area contributed by atoms with E-state index in [0.717, 1.165) is 0 Å². The third kappa shape index (κ3) is 4.28. The Balaban J connectivity index is 1.65. The molecular weight excluding hydrogens is 384 g/mol. The molecular formula is C18H14ClF2NO5. The molecule has 0 saturated heterocycles. The second kappa shape index (κ2) is 7.79. The summed E-state index contributed by atoms with van der Waals surface area (Å²) in [6.45, 7) is 2.17. The number of halogens is 3. The molecule has 27 heavy (non-hydrogen) atoms. The first-order valence-corrected chi connectivity index (χ1v) is 8.29. The van der Waals surface area contributed by atoms with Crippen LogP contribution in [0.4, 0.5) is 14.5 Å². The molecule has 1 aliphatic rings. The highest BCUT2D eigenvalue weighted by Crippen LogP contribution is 2.32. The van der Waals surface area contributed by atoms with Gasteiger partial charge in [0.1, 0.15) is 13.2 Å². The molecule has 2 aromatic rings. The molecule has 1 aliphatic heterocycles. The van der Waals surface area contributed by atoms with E-state index in [9.17, 15) is 18.4 Å². The lowest BCUT2D eigenvalue weighted by atomic mass is 10.2. The van der Waals surface area contributed by atoms with Gasteiger partial charge < -0.3 is 19.5 Å². The summed E-state index contributed by atoms with van der Waals surface area (Å²) in [5.41, 5.74) is 0.0348. The van der Waals surface area contributed by atoms with Crippen molar-refractivity contribution in [3.05, 3.63) is 52.6 Å². The van der Waals surface area contributed by atoms with Crippen LogP contribution in [0.2, 0.25) is 5.02 Å². The minimum Gasteiger partial charge on any atom is -0.486 e. The van der Waals surface area contributed by atoms with Crippen LogP contribution in [-0.4, -0.2) is 31.2 Å². The van der Waals surface area contributed by atoms with Gasteiger partial charge in [0.25, 0.3) is 5.91 Å². The molecule has 0 fully saturated rings. The molecule has 0 bridgehead atoms. The van der Waals surface area contributed by atoms with Crippen molar-refractivity contribution in [3.8, 4) is 11.5 Å². The van der Waals surface area contributed by atoms with Crippen LogP contribution in [0.15, 0.2) is 30.3 Å². The second-order valence-electron chi connectivity index (χ2n) is 5.64. The summed E-state index contributed by atoms with van der Waals surface area (Å²) in [6, 6.07) is 6.10. The summed E-state index contributed by atoms with van der Waals surface area (Å²) in [7, 11) is 0. The van der Waals surface area contributed by atoms with Gasteiger partial charge in [-0.1, -0.05) is 11.6 Å². The molecule has 0 aromatic heterocycles. The van der Waals surface area contributed by atoms with Gasteiger partial charge in [0.05, 0.1) is 10.6 Å². The average Bonchev–Trinajstić information content (AvgIpc) is 2.64. The largest absolute Gasteiger partial charge is 0.486 e. The normalized spacial score (nSPS) is 13.6. The zero-order chi connectivity index (χ0) is 19.6. The van der Waals surface area contributed by atoms with Gasteiger partial charge in [-0.15, -0.1) is 0 Å². The van der Waals surface area contributed by atoms with Gasteiger partial charge in [0.2, 0.25) is 0 Å². The molecule has 0 radical (unpaired) electrons. The smallest absolute Gasteiger partial charge is 0.340 e. The fraction of sp³-hybridized carbons (Fsp3) is 0.222. The first-order chi connectivity index (χ1) is 12.8. The van der Waals surface area contributed by atoms with Gasteiger partial charge in [-0.25, -0.2) is 13.6 Å². The summed E-state index contributed by atoms with van der Waals surface area (Å²) >= 11 is 5.72. The maximum absolute atomic E-state index is 13.3. The quantitative estimate of drug-likeness (QED) is 0.630. The Hall–Kier alpha value is -2.87. The number of benzene rings is 2. The first kappa shape index (κ1) is 18.9. The monoisotopic (exact) mass is 397 g/mol. The first-order valence-electron chi connectivity index (χ1n) is 7.91. The summed E-state index contributed by atoms with van der Waals surface area (Å²) in [5.74, 6) is -3.08. The van der Waals surface area contributed by atoms with E-state index in [4.69, 9.17) is 25.8 Å². The number of hydrogen-bond donors (Lipinski definition) is 1. The number of carbonyl (C=O) groups excluding carboxylic acids is 2. The number of anilines is 1. The fourth-order valence-corrected chi connectivity index (χ4v) is 2.55. The predicted molar refractivity (Wildman–Crippen MR) is 92.3 cm³/mol. The Kier molecular flexibility index (Phi) is 5.46. The third-order valence-corrected chi connectivity index (χ3v) is 4.01. The van der Waals surface area contributed by atoms with Gasteiger partial charge >= 0.3 is 5.97 Å². The number of esters is 1. The molecule has 0 aliphatic carbocycles. The molecule has 142 valence electrons. The molecule has 1 amide bonds. The van der Waals surface area contributed by atoms with Gasteiger partial charge in [0, 0.05) is 11.8 Å². The topological polar surface area (TPSA) is 73.9 Å². The van der Waals surface area contributed by atoms with E-state index in [1.54, 1.807) is 18.2 Å². The Morgan fingerprint density at radius 3 is 2.52 bits per heavy atom. The van der Waals surface area contributed by atoms with E-state index in [1.807, 2.05) is 0 Å². The number of fused-ring (bicyclic) bond motifs is 1. The van der Waals surface area contributed by atoms with Gasteiger partial charge in [0.15, 0.2) is 29.2 Å². The van der Waals surface area contributed by atoms with E-state index in [2.05, 4.69) is 5.32 Å². The number of nitrogens with one attached hydrogen (secondary N) is 1. The SMILES string of the molecule is CC(OC(=O)c1cc(F)c(F)cc1Cl)C(=O)Nc1ccc2c(c1)OCCO2. The highest BCUT2D eigenvalue weighted by molar-refractivity contribution is 6.33. The van der Waals surface area contributed by atoms with Crippen LogP contribution in [0, 0.1) is 11.6 Å². The van der Waals surface area contributed by atoms with Crippen molar-refractivity contribution in [1.29, 1.82) is 0 Å². The number of amides is 1. The Labute approximate surface area is 158 Å². The third-order valence-electron chi connectivity index (χ3n) is 3.69. The average molecular weight is 398 g/mol. The number of hydrogen-bond acceptors (Lipinski definition) is 5. The van der Waals surface area contributed by atoms with Gasteiger partial charge in [-0.2, -0.15) is 0 Å². The highest BCUT2D eigenvalue weighted by Gasteiger charge is 2.23. The molecule has 0 spiro atoms. The minimum absolute atomic E-state index is 0.321. The number of rotatable bonds is 4. The maximum Gasteiger partial charge on any atom is 0.340 e. The van der Waals surface area contributed by atoms with Gasteiger partial charge in [-0.3, -0.25) is 4.79 Å². The van der Waals surface area contributed by atoms with Crippen LogP contribution < -0.4 is 14.8 Å². The van der Waals surface area contributed by atoms with Crippen LogP contribution >= 0.6 is 11.6 Å². The van der Waals surface area contributed by atoms with E-state index in [-0.39, 0.29) is 10.6 Å². The highest BCUT2D eigenvalue weighted by atomic mass is 35.5. The number of ether oxygens (including phenoxy) is 3. The number of carbonyl (C=O) groups is 2. The van der Waals surface area contributed by atoms with Crippen molar-refractivity contribution in [2.45, 2.75) is 13.0 Å². The van der Waals surface area contributed by atoms with Crippen molar-refractivity contribution in [1.82, 2.24) is 0 Å². The maximum atomic E-state index is 13.3. The lowest BCUT2D eigenvalue weighted by Crippen LogP contribution is -2.30. The fourth-order valence-electron chi connectivity index (χ4n) is 2.32. The lowest BCUT2D eigenvalue weighted by Gasteiger charge is -2.19. The molecule has 0 saturated carbocycles. The Bertz CT molecular complexity index is 906. The molecule has 1 atom stereocenters. The molecule has 2 aromatic carbocycles. The molecule has 6 nitrogen and oxygen atoms in total. The van der Waals surface area contributed by atoms with Crippen LogP contribution in [0.5, 0.6) is 11.5 Å². The van der Waals surface area contributed by atoms with Crippen molar-refractivity contribution in [2.24, 2.45) is 0 Å². The zero-order valence-corrected chi connectivity index (χ0v) is 14.8. The summed E-state index contributed by atoms with van der Waals surface area (Å²) in [4.78, 5) is 24.3. The molecule has 1 heterocycles. The second-order valence-corrected chi connectivity index (χ2v) is 6.05. The van der Waals surface area contributed by atoms with E-state index >= 15 is 0 Å². The molecule has 1 N–H and O–H groups in total. The van der Waals surface area contributed by atoms with Gasteiger partial charge in [-0.05, 0) is 31.2 Å². The van der Waals surface area contributed by atoms with Crippen LogP contribution in [0.3, 0.4) is 0 Å². The van der Waals surface area contributed by atoms with Crippen molar-refractivity contribution in [3.63, 3.8) is 0 Å². The molecule has 9 heteroatoms. The van der Waals surface area contributed by atoms with Crippen LogP contribution in [-0.2, 0) is 9.53 Å². The standard InChI is InChI=1S/C18H14ClF2NO5/c1-9(27-18(24)11-7-13(20)14(21)8-12(11)19)17(23)22-10-2-3-15-16(6-10)26-5-4-25-15/h2-3,6-9H,4-5H2,1H3,(H,22,23). The predicted octanol–water partition coefficient (Wildman–Crippen LogP) is 3.57. The Morgan fingerprint density at radius 1 is 1.11 bits per heavy atom. The van der Waals surface area contributed by atoms with Crippen molar-refractivity contribution in [2.75, 3.05) is 18.5 Å². The van der Waals surface area contributed by atoms with Crippen LogP contribution in [0.1, 0.15) is 17.3 Å². The molecule has 1 unspecified atom stereocenters. The van der Waals surface area contributed by atoms with E-state index in [1.165, 1.54) is 6.92 Å². The summed E-state index contributed by atoms with van der Waals surface area (Å²) in [6.07, 6.45) is -1.21. The lowest BCUT2D eigenvalue weighted by molar-refractivity contribution is -0.123. The van der Waals surface area contributed by atoms with Crippen LogP contribution in [0.25, 0.3) is 0 Å². The minimum atomic E-state index is -1.25. The summed E-state index contributed by atoms with van der Waals surface area (Å²) in [5, 5.41) is 2.24. The summed E-state index contributed by atoms with van der Waals surface area (Å²) < 4.78 is 42.2. The van der Waals surface area contributed by atoms with E-state index in [0.29, 0.717) is 42.5 Å². The zero-order valence-electron chi connectivity index (χ0n) is 14.1.